The molecule has 1 N–H and O–H groups in total. The SMILES string of the molecule is O=C1N[C@@H](CSCc2ccccc2)C(=O)N2CCN(C(=O)c3cccc(F)c3)C[C@@H]12. The topological polar surface area (TPSA) is 69.7 Å². The van der Waals surface area contributed by atoms with Gasteiger partial charge in [-0.15, -0.1) is 0 Å². The van der Waals surface area contributed by atoms with Crippen molar-refractivity contribution < 1.29 is 18.8 Å². The lowest BCUT2D eigenvalue weighted by Crippen LogP contribution is -2.70. The van der Waals surface area contributed by atoms with E-state index in [9.17, 15) is 18.8 Å². The van der Waals surface area contributed by atoms with E-state index in [2.05, 4.69) is 5.32 Å². The second-order valence-corrected chi connectivity index (χ2v) is 8.40. The summed E-state index contributed by atoms with van der Waals surface area (Å²) in [7, 11) is 0. The van der Waals surface area contributed by atoms with Gasteiger partial charge in [0, 0.05) is 30.2 Å². The average Bonchev–Trinajstić information content (AvgIpc) is 2.77. The highest BCUT2D eigenvalue weighted by molar-refractivity contribution is 7.98. The summed E-state index contributed by atoms with van der Waals surface area (Å²) in [5.41, 5.74) is 1.40. The summed E-state index contributed by atoms with van der Waals surface area (Å²) >= 11 is 1.60. The first-order valence-corrected chi connectivity index (χ1v) is 11.0. The Morgan fingerprint density at radius 1 is 1.10 bits per heavy atom. The highest BCUT2D eigenvalue weighted by Crippen LogP contribution is 2.21. The maximum atomic E-state index is 13.4. The van der Waals surface area contributed by atoms with Crippen molar-refractivity contribution in [3.8, 4) is 0 Å². The van der Waals surface area contributed by atoms with Crippen molar-refractivity contribution in [1.82, 2.24) is 15.1 Å². The molecule has 0 aliphatic carbocycles. The Labute approximate surface area is 178 Å². The van der Waals surface area contributed by atoms with Crippen LogP contribution in [0.1, 0.15) is 15.9 Å². The first kappa shape index (κ1) is 20.4. The first-order valence-electron chi connectivity index (χ1n) is 9.80. The van der Waals surface area contributed by atoms with Crippen molar-refractivity contribution in [1.29, 1.82) is 0 Å². The fourth-order valence-corrected chi connectivity index (χ4v) is 4.78. The van der Waals surface area contributed by atoms with Gasteiger partial charge in [0.15, 0.2) is 0 Å². The van der Waals surface area contributed by atoms with Gasteiger partial charge in [0.05, 0.1) is 6.54 Å². The molecular formula is C22H22FN3O3S. The molecular weight excluding hydrogens is 405 g/mol. The fraction of sp³-hybridized carbons (Fsp3) is 0.318. The summed E-state index contributed by atoms with van der Waals surface area (Å²) in [6, 6.07) is 14.2. The molecule has 2 saturated heterocycles. The number of carbonyl (C=O) groups excluding carboxylic acids is 3. The standard InChI is InChI=1S/C22H22FN3O3S/c23-17-8-4-7-16(11-17)21(28)25-9-10-26-19(12-25)20(27)24-18(22(26)29)14-30-13-15-5-2-1-3-6-15/h1-8,11,18-19H,9-10,12-14H2,(H,24,27)/t18-,19-/m0/s1. The number of nitrogens with one attached hydrogen (secondary N) is 1. The number of carbonyl (C=O) groups is 3. The number of hydrogen-bond acceptors (Lipinski definition) is 4. The molecule has 0 spiro atoms. The van der Waals surface area contributed by atoms with Crippen molar-refractivity contribution in [3.63, 3.8) is 0 Å². The molecule has 2 aromatic rings. The Morgan fingerprint density at radius 2 is 1.90 bits per heavy atom. The third-order valence-corrected chi connectivity index (χ3v) is 6.44. The van der Waals surface area contributed by atoms with Crippen molar-refractivity contribution in [3.05, 3.63) is 71.5 Å². The van der Waals surface area contributed by atoms with Gasteiger partial charge in [-0.3, -0.25) is 14.4 Å². The normalized spacial score (nSPS) is 21.2. The van der Waals surface area contributed by atoms with Crippen LogP contribution in [0.4, 0.5) is 4.39 Å². The molecule has 30 heavy (non-hydrogen) atoms. The summed E-state index contributed by atoms with van der Waals surface area (Å²) in [5.74, 6) is 0.0691. The molecule has 2 aromatic carbocycles. The van der Waals surface area contributed by atoms with Crippen LogP contribution in [0.2, 0.25) is 0 Å². The zero-order valence-electron chi connectivity index (χ0n) is 16.3. The zero-order valence-corrected chi connectivity index (χ0v) is 17.1. The summed E-state index contributed by atoms with van der Waals surface area (Å²) in [4.78, 5) is 41.3. The largest absolute Gasteiger partial charge is 0.342 e. The van der Waals surface area contributed by atoms with E-state index in [1.165, 1.54) is 28.7 Å². The number of rotatable bonds is 5. The second-order valence-electron chi connectivity index (χ2n) is 7.37. The highest BCUT2D eigenvalue weighted by atomic mass is 32.2. The number of fused-ring (bicyclic) bond motifs is 1. The smallest absolute Gasteiger partial charge is 0.254 e. The summed E-state index contributed by atoms with van der Waals surface area (Å²) in [5, 5.41) is 2.81. The van der Waals surface area contributed by atoms with Gasteiger partial charge in [-0.2, -0.15) is 11.8 Å². The predicted molar refractivity (Wildman–Crippen MR) is 112 cm³/mol. The van der Waals surface area contributed by atoms with Crippen LogP contribution in [0.15, 0.2) is 54.6 Å². The summed E-state index contributed by atoms with van der Waals surface area (Å²) in [6.45, 7) is 0.712. The Morgan fingerprint density at radius 3 is 2.67 bits per heavy atom. The van der Waals surface area contributed by atoms with Gasteiger partial charge in [-0.1, -0.05) is 36.4 Å². The molecule has 2 heterocycles. The Hall–Kier alpha value is -2.87. The molecule has 2 aliphatic rings. The molecule has 0 aromatic heterocycles. The van der Waals surface area contributed by atoms with Gasteiger partial charge < -0.3 is 15.1 Å². The molecule has 0 saturated carbocycles. The molecule has 2 fully saturated rings. The number of benzene rings is 2. The molecule has 2 atom stereocenters. The number of piperazine rings is 2. The molecule has 0 unspecified atom stereocenters. The minimum atomic E-state index is -0.709. The number of thioether (sulfide) groups is 1. The van der Waals surface area contributed by atoms with Crippen molar-refractivity contribution in [2.24, 2.45) is 0 Å². The van der Waals surface area contributed by atoms with Crippen LogP contribution in [-0.4, -0.2) is 65.0 Å². The number of amides is 3. The van der Waals surface area contributed by atoms with Crippen LogP contribution in [0.25, 0.3) is 0 Å². The third-order valence-electron chi connectivity index (χ3n) is 5.34. The highest BCUT2D eigenvalue weighted by Gasteiger charge is 2.44. The lowest BCUT2D eigenvalue weighted by Gasteiger charge is -2.45. The third kappa shape index (κ3) is 4.33. The number of hydrogen-bond donors (Lipinski definition) is 1. The average molecular weight is 428 g/mol. The molecule has 2 aliphatic heterocycles. The molecule has 6 nitrogen and oxygen atoms in total. The van der Waals surface area contributed by atoms with E-state index in [-0.39, 0.29) is 36.4 Å². The Kier molecular flexibility index (Phi) is 6.03. The lowest BCUT2D eigenvalue weighted by molar-refractivity contribution is -0.151. The molecule has 0 bridgehead atoms. The zero-order chi connectivity index (χ0) is 21.1. The van der Waals surface area contributed by atoms with Gasteiger partial charge >= 0.3 is 0 Å². The minimum absolute atomic E-state index is 0.108. The van der Waals surface area contributed by atoms with Crippen LogP contribution in [0.5, 0.6) is 0 Å². The molecule has 0 radical (unpaired) electrons. The summed E-state index contributed by atoms with van der Waals surface area (Å²) < 4.78 is 13.4. The van der Waals surface area contributed by atoms with Crippen molar-refractivity contribution in [2.45, 2.75) is 17.8 Å². The van der Waals surface area contributed by atoms with E-state index in [0.29, 0.717) is 12.3 Å². The maximum absolute atomic E-state index is 13.4. The van der Waals surface area contributed by atoms with E-state index in [4.69, 9.17) is 0 Å². The molecule has 156 valence electrons. The summed E-state index contributed by atoms with van der Waals surface area (Å²) in [6.07, 6.45) is 0. The second kappa shape index (κ2) is 8.87. The van der Waals surface area contributed by atoms with E-state index < -0.39 is 17.9 Å². The van der Waals surface area contributed by atoms with Crippen LogP contribution >= 0.6 is 11.8 Å². The Balaban J connectivity index is 1.36. The van der Waals surface area contributed by atoms with Gasteiger partial charge in [-0.05, 0) is 23.8 Å². The van der Waals surface area contributed by atoms with Crippen molar-refractivity contribution >= 4 is 29.5 Å². The van der Waals surface area contributed by atoms with E-state index in [0.717, 1.165) is 5.75 Å². The van der Waals surface area contributed by atoms with Crippen molar-refractivity contribution in [2.75, 3.05) is 25.4 Å². The van der Waals surface area contributed by atoms with Gasteiger partial charge in [0.25, 0.3) is 5.91 Å². The number of halogens is 1. The maximum Gasteiger partial charge on any atom is 0.254 e. The minimum Gasteiger partial charge on any atom is -0.342 e. The lowest BCUT2D eigenvalue weighted by atomic mass is 10.0. The fourth-order valence-electron chi connectivity index (χ4n) is 3.77. The van der Waals surface area contributed by atoms with Gasteiger partial charge in [-0.25, -0.2) is 4.39 Å². The molecule has 4 rings (SSSR count). The molecule has 3 amide bonds. The van der Waals surface area contributed by atoms with Crippen LogP contribution in [0.3, 0.4) is 0 Å². The Bertz CT molecular complexity index is 956. The van der Waals surface area contributed by atoms with Crippen LogP contribution < -0.4 is 5.32 Å². The van der Waals surface area contributed by atoms with E-state index in [1.54, 1.807) is 22.7 Å². The predicted octanol–water partition coefficient (Wildman–Crippen LogP) is 1.91. The van der Waals surface area contributed by atoms with E-state index >= 15 is 0 Å². The van der Waals surface area contributed by atoms with Crippen LogP contribution in [0, 0.1) is 5.82 Å². The molecule has 8 heteroatoms. The van der Waals surface area contributed by atoms with E-state index in [1.807, 2.05) is 30.3 Å². The monoisotopic (exact) mass is 427 g/mol. The van der Waals surface area contributed by atoms with Gasteiger partial charge in [0.1, 0.15) is 17.9 Å². The quantitative estimate of drug-likeness (QED) is 0.792. The van der Waals surface area contributed by atoms with Gasteiger partial charge in [0.2, 0.25) is 11.8 Å². The number of nitrogens with zero attached hydrogens (tertiary/aromatic N) is 2. The van der Waals surface area contributed by atoms with Crippen LogP contribution in [-0.2, 0) is 15.3 Å². The first-order chi connectivity index (χ1) is 14.5.